The lowest BCUT2D eigenvalue weighted by Crippen LogP contribution is -2.56. The Kier molecular flexibility index (Phi) is 11.8. The second-order valence-electron chi connectivity index (χ2n) is 12.8. The number of fused-ring (bicyclic) bond motifs is 2. The fourth-order valence-electron chi connectivity index (χ4n) is 6.22. The normalized spacial score (nSPS) is 32.7. The van der Waals surface area contributed by atoms with Crippen molar-refractivity contribution >= 4 is 50.5 Å². The highest BCUT2D eigenvalue weighted by Crippen LogP contribution is 2.62. The van der Waals surface area contributed by atoms with Gasteiger partial charge in [0, 0.05) is 26.7 Å². The molecule has 0 saturated carbocycles. The van der Waals surface area contributed by atoms with E-state index in [1.165, 1.54) is 17.2 Å². The quantitative estimate of drug-likeness (QED) is 0.147. The predicted octanol–water partition coefficient (Wildman–Crippen LogP) is 1.50. The number of hydrogen-bond acceptors (Lipinski definition) is 19. The van der Waals surface area contributed by atoms with Gasteiger partial charge in [0.15, 0.2) is 35.7 Å². The van der Waals surface area contributed by atoms with Crippen LogP contribution in [0.5, 0.6) is 0 Å². The maximum atomic E-state index is 13.2. The van der Waals surface area contributed by atoms with Crippen LogP contribution in [-0.4, -0.2) is 109 Å². The van der Waals surface area contributed by atoms with E-state index in [9.17, 15) is 33.3 Å². The molecule has 0 amide bonds. The summed E-state index contributed by atoms with van der Waals surface area (Å²) in [6.45, 7) is 8.70. The van der Waals surface area contributed by atoms with Gasteiger partial charge in [0.25, 0.3) is 0 Å². The molecule has 0 aromatic carbocycles. The van der Waals surface area contributed by atoms with Crippen molar-refractivity contribution in [3.05, 3.63) is 12.7 Å². The minimum absolute atomic E-state index is 0.125. The highest BCUT2D eigenvalue weighted by Gasteiger charge is 2.57. The molecule has 3 saturated heterocycles. The van der Waals surface area contributed by atoms with Crippen molar-refractivity contribution < 1.29 is 79.8 Å². The van der Waals surface area contributed by atoms with Gasteiger partial charge in [-0.3, -0.25) is 28.0 Å². The van der Waals surface area contributed by atoms with Gasteiger partial charge in [-0.2, -0.15) is 4.31 Å². The molecule has 3 aliphatic heterocycles. The molecule has 0 spiro atoms. The Balaban J connectivity index is 1.30. The molecule has 5 rings (SSSR count). The van der Waals surface area contributed by atoms with Crippen molar-refractivity contribution in [1.82, 2.24) is 19.5 Å². The Morgan fingerprint density at radius 1 is 0.981 bits per heavy atom. The summed E-state index contributed by atoms with van der Waals surface area (Å²) >= 11 is 0. The van der Waals surface area contributed by atoms with Gasteiger partial charge in [-0.15, -0.1) is 0 Å². The van der Waals surface area contributed by atoms with Crippen LogP contribution in [0.2, 0.25) is 0 Å². The molecule has 52 heavy (non-hydrogen) atoms. The molecular weight excluding hydrogens is 740 g/mol. The summed E-state index contributed by atoms with van der Waals surface area (Å²) in [5, 5.41) is 0. The molecule has 290 valence electrons. The topological polar surface area (TPSA) is 288 Å². The van der Waals surface area contributed by atoms with E-state index in [0.29, 0.717) is 11.2 Å². The summed E-state index contributed by atoms with van der Waals surface area (Å²) in [6.07, 6.45) is -6.70. The number of anilines is 1. The number of nitrogen functional groups attached to an aromatic ring is 1. The Bertz CT molecular complexity index is 1760. The summed E-state index contributed by atoms with van der Waals surface area (Å²) in [5.41, 5.74) is 6.53. The summed E-state index contributed by atoms with van der Waals surface area (Å²) in [4.78, 5) is 68.9. The van der Waals surface area contributed by atoms with Gasteiger partial charge in [-0.1, -0.05) is 13.8 Å². The van der Waals surface area contributed by atoms with Gasteiger partial charge in [-0.05, 0) is 19.8 Å². The molecule has 22 nitrogen and oxygen atoms in total. The molecule has 3 fully saturated rings. The maximum absolute atomic E-state index is 13.2. The summed E-state index contributed by atoms with van der Waals surface area (Å²) in [7, 11) is -11.0. The van der Waals surface area contributed by atoms with E-state index in [-0.39, 0.29) is 5.82 Å². The molecule has 12 atom stereocenters. The minimum Gasteiger partial charge on any atom is -0.462 e. The number of carbonyl (C=O) groups is 3. The van der Waals surface area contributed by atoms with Crippen molar-refractivity contribution in [1.29, 1.82) is 0 Å². The van der Waals surface area contributed by atoms with Crippen LogP contribution in [0.25, 0.3) is 11.2 Å². The first kappa shape index (κ1) is 40.1. The fraction of sp³-hybridized carbons (Fsp3) is 0.714. The van der Waals surface area contributed by atoms with E-state index in [1.54, 1.807) is 27.7 Å². The molecule has 0 bridgehead atoms. The zero-order valence-corrected chi connectivity index (χ0v) is 30.9. The average Bonchev–Trinajstić information content (AvgIpc) is 3.68. The smallest absolute Gasteiger partial charge is 0.462 e. The number of esters is 3. The van der Waals surface area contributed by atoms with Crippen molar-refractivity contribution in [2.24, 2.45) is 11.8 Å². The van der Waals surface area contributed by atoms with E-state index in [2.05, 4.69) is 19.3 Å². The van der Waals surface area contributed by atoms with Crippen molar-refractivity contribution in [3.63, 3.8) is 0 Å². The zero-order chi connectivity index (χ0) is 38.3. The number of nitrogens with two attached hydrogens (primary N) is 1. The number of carbonyl (C=O) groups excluding carboxylic acids is 3. The SMILES string of the molecule is CC(=O)OC[C@@H](OC(C)=O)C1O[C@@H](OP(=O)(O)OP(=O)(O)OC[C@H]2O[C@@H](n3cnc4c(N)ncnc43)[C@H]3OC(C)(C)OC23)C(OC(C)=O)[C@@H](C)[C@@H]1C. The number of hydrogen-bond donors (Lipinski definition) is 3. The van der Waals surface area contributed by atoms with E-state index < -0.39 is 114 Å². The lowest BCUT2D eigenvalue weighted by atomic mass is 9.81. The van der Waals surface area contributed by atoms with Crippen LogP contribution in [-0.2, 0) is 70.0 Å². The third-order valence-corrected chi connectivity index (χ3v) is 11.1. The number of nitrogens with zero attached hydrogens (tertiary/aromatic N) is 4. The highest BCUT2D eigenvalue weighted by atomic mass is 31.3. The standard InChI is InChI=1S/C28H41N5O17P2/c1-12-13(2)21(44-16(5)36)27(46-20(12)17(43-15(4)35)8-41-14(3)34)49-52(39,40)50-51(37,38)42-9-18-22-23(48-28(6,7)47-22)26(45-18)33-11-32-19-24(29)30-10-31-25(19)33/h10-13,17-18,20-23,26-27H,8-9H2,1-7H3,(H,37,38)(H,39,40)(H2,29,30,31)/t12-,13-,17+,18+,20?,21?,22?,23-,26+,27-/m0/s1. The molecule has 4 N–H and O–H groups in total. The van der Waals surface area contributed by atoms with E-state index in [4.69, 9.17) is 47.9 Å². The Morgan fingerprint density at radius 3 is 2.33 bits per heavy atom. The first-order valence-electron chi connectivity index (χ1n) is 15.9. The summed E-state index contributed by atoms with van der Waals surface area (Å²) in [5.74, 6) is -4.53. The van der Waals surface area contributed by atoms with Gasteiger partial charge in [0.05, 0.1) is 12.9 Å². The van der Waals surface area contributed by atoms with Gasteiger partial charge in [0.1, 0.15) is 42.9 Å². The number of aromatic nitrogens is 4. The number of phosphoric ester groups is 2. The number of imidazole rings is 1. The van der Waals surface area contributed by atoms with Crippen LogP contribution in [0.1, 0.15) is 54.7 Å². The van der Waals surface area contributed by atoms with Crippen LogP contribution in [0, 0.1) is 11.8 Å². The van der Waals surface area contributed by atoms with Crippen LogP contribution in [0.3, 0.4) is 0 Å². The Hall–Kier alpha value is -3.14. The van der Waals surface area contributed by atoms with E-state index in [0.717, 1.165) is 20.8 Å². The molecule has 5 heterocycles. The fourth-order valence-corrected chi connectivity index (χ4v) is 8.38. The summed E-state index contributed by atoms with van der Waals surface area (Å²) in [6, 6.07) is 0. The molecule has 24 heteroatoms. The minimum atomic E-state index is -5.60. The van der Waals surface area contributed by atoms with Gasteiger partial charge >= 0.3 is 33.6 Å². The van der Waals surface area contributed by atoms with E-state index in [1.807, 2.05) is 0 Å². The maximum Gasteiger partial charge on any atom is 0.483 e. The molecule has 5 unspecified atom stereocenters. The van der Waals surface area contributed by atoms with Gasteiger partial charge in [-0.25, -0.2) is 24.1 Å². The molecule has 0 aliphatic carbocycles. The van der Waals surface area contributed by atoms with Crippen LogP contribution < -0.4 is 5.73 Å². The van der Waals surface area contributed by atoms with E-state index >= 15 is 0 Å². The Labute approximate surface area is 296 Å². The Morgan fingerprint density at radius 2 is 1.67 bits per heavy atom. The van der Waals surface area contributed by atoms with Crippen LogP contribution in [0.15, 0.2) is 12.7 Å². The zero-order valence-electron chi connectivity index (χ0n) is 29.1. The third-order valence-electron chi connectivity index (χ3n) is 8.49. The average molecular weight is 782 g/mol. The highest BCUT2D eigenvalue weighted by molar-refractivity contribution is 7.61. The van der Waals surface area contributed by atoms with Crippen LogP contribution >= 0.6 is 15.6 Å². The molecule has 3 aliphatic rings. The number of ether oxygens (including phenoxy) is 7. The van der Waals surface area contributed by atoms with Crippen LogP contribution in [0.4, 0.5) is 5.82 Å². The van der Waals surface area contributed by atoms with Crippen molar-refractivity contribution in [3.8, 4) is 0 Å². The largest absolute Gasteiger partial charge is 0.483 e. The lowest BCUT2D eigenvalue weighted by Gasteiger charge is -2.45. The lowest BCUT2D eigenvalue weighted by molar-refractivity contribution is -0.270. The third kappa shape index (κ3) is 9.14. The van der Waals surface area contributed by atoms with Crippen molar-refractivity contribution in [2.75, 3.05) is 18.9 Å². The van der Waals surface area contributed by atoms with Gasteiger partial charge in [0.2, 0.25) is 6.29 Å². The molecule has 2 aromatic rings. The predicted molar refractivity (Wildman–Crippen MR) is 170 cm³/mol. The summed E-state index contributed by atoms with van der Waals surface area (Å²) < 4.78 is 82.3. The van der Waals surface area contributed by atoms with Crippen molar-refractivity contribution in [2.45, 2.75) is 103 Å². The van der Waals surface area contributed by atoms with Gasteiger partial charge < -0.3 is 48.7 Å². The molecule has 2 aromatic heterocycles. The number of rotatable bonds is 13. The number of phosphoric acid groups is 2. The second kappa shape index (κ2) is 15.3. The monoisotopic (exact) mass is 781 g/mol. The first-order chi connectivity index (χ1) is 24.2. The second-order valence-corrected chi connectivity index (χ2v) is 15.8. The molecular formula is C28H41N5O17P2. The first-order valence-corrected chi connectivity index (χ1v) is 18.9. The molecule has 0 radical (unpaired) electrons.